The number of rotatable bonds is 8. The number of fused-ring (bicyclic) bond motifs is 9. The van der Waals surface area contributed by atoms with Crippen LogP contribution < -0.4 is 4.90 Å². The van der Waals surface area contributed by atoms with Gasteiger partial charge in [-0.3, -0.25) is 0 Å². The molecule has 0 bridgehead atoms. The fourth-order valence-electron chi connectivity index (χ4n) is 10.5. The molecule has 0 aliphatic heterocycles. The van der Waals surface area contributed by atoms with Crippen LogP contribution in [0.4, 0.5) is 17.1 Å². The molecule has 0 unspecified atom stereocenters. The van der Waals surface area contributed by atoms with Crippen LogP contribution in [-0.4, -0.2) is 4.57 Å². The first kappa shape index (κ1) is 39.8. The Hall–Kier alpha value is -9.38. The Balaban J connectivity index is 0.788. The SMILES string of the molecule is c1ccc(-n2c3ccccc3c3cc(-c4ccc(-c5ccc(N(c6ccc(-c7ccc8c(c7)oc7ccccc78)cc6)c6ccc(-c7ccc8c(c7)oc7ccccc78)cc6)cc5)cc4)ccc32)cc1. The molecule has 4 nitrogen and oxygen atoms in total. The summed E-state index contributed by atoms with van der Waals surface area (Å²) < 4.78 is 14.9. The summed E-state index contributed by atoms with van der Waals surface area (Å²) >= 11 is 0. The van der Waals surface area contributed by atoms with Gasteiger partial charge in [-0.1, -0.05) is 152 Å². The van der Waals surface area contributed by atoms with Crippen LogP contribution in [0.1, 0.15) is 0 Å². The van der Waals surface area contributed by atoms with Gasteiger partial charge in [-0.2, -0.15) is 0 Å². The Kier molecular flexibility index (Phi) is 9.17. The summed E-state index contributed by atoms with van der Waals surface area (Å²) in [5.41, 5.74) is 19.5. The molecule has 0 fully saturated rings. The lowest BCUT2D eigenvalue weighted by atomic mass is 9.98. The third kappa shape index (κ3) is 6.69. The van der Waals surface area contributed by atoms with Gasteiger partial charge in [0.2, 0.25) is 0 Å². The highest BCUT2D eigenvalue weighted by Crippen LogP contribution is 2.41. The van der Waals surface area contributed by atoms with Crippen molar-refractivity contribution in [2.24, 2.45) is 0 Å². The number of hydrogen-bond donors (Lipinski definition) is 0. The lowest BCUT2D eigenvalue weighted by molar-refractivity contribution is 0.668. The molecular weight excluding hydrogens is 853 g/mol. The van der Waals surface area contributed by atoms with E-state index in [0.29, 0.717) is 0 Å². The van der Waals surface area contributed by atoms with Crippen molar-refractivity contribution < 1.29 is 8.83 Å². The van der Waals surface area contributed by atoms with Crippen molar-refractivity contribution in [3.63, 3.8) is 0 Å². The number of hydrogen-bond acceptors (Lipinski definition) is 3. The third-order valence-corrected chi connectivity index (χ3v) is 14.0. The summed E-state index contributed by atoms with van der Waals surface area (Å²) in [6.45, 7) is 0. The van der Waals surface area contributed by atoms with Crippen LogP contribution in [0.15, 0.2) is 264 Å². The standard InChI is InChI=1S/C66H42N2O2/c1-2-10-51(11-3-1)68-61-15-7-4-12-55(61)60-40-48(30-39-62(60)68)45-20-18-43(19-21-45)44-22-31-52(32-23-44)67(53-33-24-46(25-34-53)49-28-37-58-56-13-5-8-16-63(56)69-65(58)41-49)54-35-26-47(27-36-54)50-29-38-59-57-14-6-9-17-64(57)70-66(59)42-50/h1-42H. The molecule has 0 saturated heterocycles. The summed E-state index contributed by atoms with van der Waals surface area (Å²) in [5.74, 6) is 0. The van der Waals surface area contributed by atoms with E-state index in [0.717, 1.165) is 94.4 Å². The van der Waals surface area contributed by atoms with E-state index in [-0.39, 0.29) is 0 Å². The molecule has 0 spiro atoms. The fourth-order valence-corrected chi connectivity index (χ4v) is 10.5. The zero-order chi connectivity index (χ0) is 46.1. The maximum Gasteiger partial charge on any atom is 0.136 e. The molecule has 0 aliphatic rings. The zero-order valence-corrected chi connectivity index (χ0v) is 38.0. The van der Waals surface area contributed by atoms with Gasteiger partial charge in [-0.25, -0.2) is 0 Å². The van der Waals surface area contributed by atoms with E-state index < -0.39 is 0 Å². The minimum atomic E-state index is 0.892. The van der Waals surface area contributed by atoms with Gasteiger partial charge >= 0.3 is 0 Å². The fraction of sp³-hybridized carbons (Fsp3) is 0. The van der Waals surface area contributed by atoms with E-state index in [1.807, 2.05) is 24.3 Å². The molecule has 70 heavy (non-hydrogen) atoms. The second-order valence-corrected chi connectivity index (χ2v) is 18.1. The van der Waals surface area contributed by atoms with Crippen LogP contribution in [0, 0.1) is 0 Å². The smallest absolute Gasteiger partial charge is 0.136 e. The molecule has 3 aromatic heterocycles. The van der Waals surface area contributed by atoms with Crippen LogP contribution in [0.25, 0.3) is 116 Å². The van der Waals surface area contributed by atoms with E-state index in [2.05, 4.69) is 240 Å². The Labute approximate surface area is 404 Å². The summed E-state index contributed by atoms with van der Waals surface area (Å²) in [6.07, 6.45) is 0. The second kappa shape index (κ2) is 16.2. The summed E-state index contributed by atoms with van der Waals surface area (Å²) in [7, 11) is 0. The molecule has 4 heteroatoms. The number of aromatic nitrogens is 1. The highest BCUT2D eigenvalue weighted by molar-refractivity contribution is 6.11. The molecule has 0 atom stereocenters. The van der Waals surface area contributed by atoms with Gasteiger partial charge in [0.25, 0.3) is 0 Å². The number of nitrogens with zero attached hydrogens (tertiary/aromatic N) is 2. The molecule has 0 saturated carbocycles. The predicted molar refractivity (Wildman–Crippen MR) is 292 cm³/mol. The largest absolute Gasteiger partial charge is 0.456 e. The molecule has 11 aromatic carbocycles. The lowest BCUT2D eigenvalue weighted by Gasteiger charge is -2.26. The van der Waals surface area contributed by atoms with Gasteiger partial charge in [0.1, 0.15) is 22.3 Å². The van der Waals surface area contributed by atoms with Crippen molar-refractivity contribution in [2.75, 3.05) is 4.90 Å². The van der Waals surface area contributed by atoms with E-state index in [1.165, 1.54) is 38.5 Å². The average Bonchev–Trinajstić information content (AvgIpc) is 4.11. The highest BCUT2D eigenvalue weighted by Gasteiger charge is 2.17. The van der Waals surface area contributed by atoms with Crippen LogP contribution >= 0.6 is 0 Å². The number of benzene rings is 11. The van der Waals surface area contributed by atoms with Gasteiger partial charge in [0.15, 0.2) is 0 Å². The van der Waals surface area contributed by atoms with Crippen LogP contribution in [0.3, 0.4) is 0 Å². The Bertz CT molecular complexity index is 4100. The van der Waals surface area contributed by atoms with Crippen molar-refractivity contribution in [3.05, 3.63) is 255 Å². The first-order valence-electron chi connectivity index (χ1n) is 23.8. The second-order valence-electron chi connectivity index (χ2n) is 18.1. The van der Waals surface area contributed by atoms with Crippen molar-refractivity contribution in [1.29, 1.82) is 0 Å². The van der Waals surface area contributed by atoms with Gasteiger partial charge in [0.05, 0.1) is 11.0 Å². The topological polar surface area (TPSA) is 34.5 Å². The minimum absolute atomic E-state index is 0.892. The number of anilines is 3. The molecule has 328 valence electrons. The maximum absolute atomic E-state index is 6.26. The quantitative estimate of drug-likeness (QED) is 0.152. The molecule has 0 amide bonds. The van der Waals surface area contributed by atoms with Crippen molar-refractivity contribution in [1.82, 2.24) is 4.57 Å². The Morgan fingerprint density at radius 1 is 0.243 bits per heavy atom. The summed E-state index contributed by atoms with van der Waals surface area (Å²) in [5, 5.41) is 7.03. The molecule has 14 rings (SSSR count). The molecule has 14 aromatic rings. The Morgan fingerprint density at radius 2 is 0.600 bits per heavy atom. The van der Waals surface area contributed by atoms with Crippen molar-refractivity contribution in [3.8, 4) is 50.2 Å². The average molecular weight is 895 g/mol. The van der Waals surface area contributed by atoms with Gasteiger partial charge < -0.3 is 18.3 Å². The van der Waals surface area contributed by atoms with Crippen LogP contribution in [0.2, 0.25) is 0 Å². The summed E-state index contributed by atoms with van der Waals surface area (Å²) in [4.78, 5) is 2.33. The van der Waals surface area contributed by atoms with Gasteiger partial charge in [-0.15, -0.1) is 0 Å². The van der Waals surface area contributed by atoms with Crippen LogP contribution in [0.5, 0.6) is 0 Å². The molecular formula is C66H42N2O2. The molecule has 0 aliphatic carbocycles. The van der Waals surface area contributed by atoms with E-state index in [1.54, 1.807) is 0 Å². The van der Waals surface area contributed by atoms with Crippen LogP contribution in [-0.2, 0) is 0 Å². The number of furan rings is 2. The first-order valence-corrected chi connectivity index (χ1v) is 23.8. The Morgan fingerprint density at radius 3 is 1.11 bits per heavy atom. The van der Waals surface area contributed by atoms with E-state index in [4.69, 9.17) is 8.83 Å². The predicted octanol–water partition coefficient (Wildman–Crippen LogP) is 18.7. The lowest BCUT2D eigenvalue weighted by Crippen LogP contribution is -2.09. The zero-order valence-electron chi connectivity index (χ0n) is 38.0. The monoisotopic (exact) mass is 894 g/mol. The van der Waals surface area contributed by atoms with E-state index in [9.17, 15) is 0 Å². The van der Waals surface area contributed by atoms with Crippen molar-refractivity contribution >= 4 is 82.7 Å². The third-order valence-electron chi connectivity index (χ3n) is 14.0. The normalized spacial score (nSPS) is 11.7. The van der Waals surface area contributed by atoms with Gasteiger partial charge in [-0.05, 0) is 148 Å². The van der Waals surface area contributed by atoms with Crippen molar-refractivity contribution in [2.45, 2.75) is 0 Å². The van der Waals surface area contributed by atoms with E-state index >= 15 is 0 Å². The number of para-hydroxylation sites is 4. The maximum atomic E-state index is 6.26. The molecule has 3 heterocycles. The van der Waals surface area contributed by atoms with Gasteiger partial charge in [0, 0.05) is 55.1 Å². The minimum Gasteiger partial charge on any atom is -0.456 e. The molecule has 0 radical (unpaired) electrons. The molecule has 0 N–H and O–H groups in total. The summed E-state index contributed by atoms with van der Waals surface area (Å²) in [6, 6.07) is 91.2. The highest BCUT2D eigenvalue weighted by atomic mass is 16.3. The first-order chi connectivity index (χ1) is 34.7.